The zero-order valence-electron chi connectivity index (χ0n) is 15.7. The van der Waals surface area contributed by atoms with Gasteiger partial charge < -0.3 is 14.3 Å². The Hall–Kier alpha value is -0.870. The molecule has 0 aliphatic heterocycles. The number of quaternary nitrogens is 1. The van der Waals surface area contributed by atoms with E-state index in [0.717, 1.165) is 24.1 Å². The normalized spacial score (nSPS) is 13.4. The summed E-state index contributed by atoms with van der Waals surface area (Å²) < 4.78 is 6.07. The van der Waals surface area contributed by atoms with Crippen molar-refractivity contribution in [2.75, 3.05) is 32.8 Å². The van der Waals surface area contributed by atoms with Crippen molar-refractivity contribution >= 4 is 5.97 Å². The van der Waals surface area contributed by atoms with Gasteiger partial charge in [0.05, 0.1) is 19.6 Å². The number of rotatable bonds is 14. The molecule has 0 radical (unpaired) electrons. The molecule has 0 heterocycles. The van der Waals surface area contributed by atoms with Gasteiger partial charge >= 0.3 is 5.97 Å². The average Bonchev–Trinajstić information content (AvgIpc) is 2.54. The number of aliphatic hydroxyl groups is 1. The van der Waals surface area contributed by atoms with Crippen LogP contribution in [0.15, 0.2) is 12.2 Å². The van der Waals surface area contributed by atoms with E-state index in [4.69, 9.17) is 4.74 Å². The van der Waals surface area contributed by atoms with Crippen molar-refractivity contribution in [3.63, 3.8) is 0 Å². The third kappa shape index (κ3) is 10.5. The van der Waals surface area contributed by atoms with Gasteiger partial charge in [0.2, 0.25) is 0 Å². The van der Waals surface area contributed by atoms with Crippen molar-refractivity contribution in [1.82, 2.24) is 0 Å². The predicted molar refractivity (Wildman–Crippen MR) is 96.2 cm³/mol. The second kappa shape index (κ2) is 13.6. The number of carbonyl (C=O) groups excluding carboxylic acids is 1. The van der Waals surface area contributed by atoms with Gasteiger partial charge in [-0.3, -0.25) is 0 Å². The van der Waals surface area contributed by atoms with Crippen LogP contribution >= 0.6 is 0 Å². The molecule has 4 heteroatoms. The maximum absolute atomic E-state index is 11.4. The van der Waals surface area contributed by atoms with E-state index in [1.807, 2.05) is 0 Å². The van der Waals surface area contributed by atoms with Gasteiger partial charge in [0, 0.05) is 6.08 Å². The van der Waals surface area contributed by atoms with Crippen LogP contribution < -0.4 is 0 Å². The minimum atomic E-state index is -0.588. The largest absolute Gasteiger partial charge is 0.460 e. The second-order valence-corrected chi connectivity index (χ2v) is 6.54. The van der Waals surface area contributed by atoms with Gasteiger partial charge in [0.15, 0.2) is 0 Å². The van der Waals surface area contributed by atoms with Gasteiger partial charge in [-0.2, -0.15) is 0 Å². The standard InChI is InChI=1S/C19H38NO3/c1-5-9-13-20(14-10-6-2,15-11-7-3)16-18(21)17-23-19(22)12-8-4/h8,12,18,21H,5-7,9-11,13-17H2,1-4H3/q+1. The van der Waals surface area contributed by atoms with Crippen LogP contribution in [-0.2, 0) is 9.53 Å². The molecule has 0 bridgehead atoms. The van der Waals surface area contributed by atoms with Gasteiger partial charge in [-0.05, 0) is 26.2 Å². The summed E-state index contributed by atoms with van der Waals surface area (Å²) in [4.78, 5) is 11.4. The number of carbonyl (C=O) groups is 1. The molecule has 0 spiro atoms. The number of aliphatic hydroxyl groups excluding tert-OH is 1. The number of allylic oxidation sites excluding steroid dienone is 1. The molecule has 1 unspecified atom stereocenters. The number of hydrogen-bond acceptors (Lipinski definition) is 3. The lowest BCUT2D eigenvalue weighted by Gasteiger charge is -2.40. The van der Waals surface area contributed by atoms with Crippen LogP contribution in [0, 0.1) is 0 Å². The molecule has 0 rings (SSSR count). The van der Waals surface area contributed by atoms with Crippen molar-refractivity contribution in [2.24, 2.45) is 0 Å². The molecular formula is C19H38NO3+. The first-order chi connectivity index (χ1) is 11.0. The molecule has 0 amide bonds. The van der Waals surface area contributed by atoms with Crippen LogP contribution in [0.4, 0.5) is 0 Å². The smallest absolute Gasteiger partial charge is 0.330 e. The first kappa shape index (κ1) is 22.1. The lowest BCUT2D eigenvalue weighted by atomic mass is 10.1. The van der Waals surface area contributed by atoms with Gasteiger partial charge in [-0.1, -0.05) is 46.1 Å². The fourth-order valence-electron chi connectivity index (χ4n) is 2.95. The summed E-state index contributed by atoms with van der Waals surface area (Å²) in [5.74, 6) is -0.375. The highest BCUT2D eigenvalue weighted by molar-refractivity contribution is 5.81. The number of unbranched alkanes of at least 4 members (excludes halogenated alkanes) is 3. The highest BCUT2D eigenvalue weighted by Gasteiger charge is 2.29. The first-order valence-corrected chi connectivity index (χ1v) is 9.36. The summed E-state index contributed by atoms with van der Waals surface area (Å²) >= 11 is 0. The molecule has 1 N–H and O–H groups in total. The highest BCUT2D eigenvalue weighted by Crippen LogP contribution is 2.16. The van der Waals surface area contributed by atoms with Crippen LogP contribution in [0.5, 0.6) is 0 Å². The molecule has 0 saturated carbocycles. The number of esters is 1. The SMILES string of the molecule is CC=CC(=O)OCC(O)C[N+](CCCC)(CCCC)CCCC. The maximum Gasteiger partial charge on any atom is 0.330 e. The third-order valence-corrected chi connectivity index (χ3v) is 4.28. The molecule has 0 saturated heterocycles. The molecule has 0 aliphatic rings. The summed E-state index contributed by atoms with van der Waals surface area (Å²) in [5.41, 5.74) is 0. The Bertz CT molecular complexity index is 307. The van der Waals surface area contributed by atoms with Crippen LogP contribution in [0.3, 0.4) is 0 Å². The lowest BCUT2D eigenvalue weighted by molar-refractivity contribution is -0.931. The van der Waals surface area contributed by atoms with E-state index in [2.05, 4.69) is 20.8 Å². The predicted octanol–water partition coefficient (Wildman–Crippen LogP) is 3.68. The van der Waals surface area contributed by atoms with Crippen molar-refractivity contribution < 1.29 is 19.1 Å². The van der Waals surface area contributed by atoms with E-state index in [-0.39, 0.29) is 12.6 Å². The van der Waals surface area contributed by atoms with E-state index in [1.54, 1.807) is 13.0 Å². The Labute approximate surface area is 143 Å². The summed E-state index contributed by atoms with van der Waals surface area (Å²) in [6, 6.07) is 0. The molecule has 0 aliphatic carbocycles. The fourth-order valence-corrected chi connectivity index (χ4v) is 2.95. The summed E-state index contributed by atoms with van der Waals surface area (Å²) in [5, 5.41) is 10.4. The Morgan fingerprint density at radius 1 is 1.04 bits per heavy atom. The van der Waals surface area contributed by atoms with E-state index in [9.17, 15) is 9.90 Å². The van der Waals surface area contributed by atoms with Gasteiger partial charge in [-0.25, -0.2) is 4.79 Å². The van der Waals surface area contributed by atoms with Crippen molar-refractivity contribution in [3.05, 3.63) is 12.2 Å². The number of hydrogen-bond donors (Lipinski definition) is 1. The van der Waals surface area contributed by atoms with E-state index in [0.29, 0.717) is 6.54 Å². The number of nitrogens with zero attached hydrogens (tertiary/aromatic N) is 1. The molecule has 23 heavy (non-hydrogen) atoms. The van der Waals surface area contributed by atoms with Crippen LogP contribution in [0.25, 0.3) is 0 Å². The van der Waals surface area contributed by atoms with Crippen molar-refractivity contribution in [1.29, 1.82) is 0 Å². The van der Waals surface area contributed by atoms with E-state index >= 15 is 0 Å². The van der Waals surface area contributed by atoms with Crippen molar-refractivity contribution in [3.8, 4) is 0 Å². The minimum absolute atomic E-state index is 0.0908. The monoisotopic (exact) mass is 328 g/mol. The Balaban J connectivity index is 4.74. The molecule has 0 aromatic rings. The van der Waals surface area contributed by atoms with Crippen LogP contribution in [-0.4, -0.2) is 54.4 Å². The van der Waals surface area contributed by atoms with Crippen LogP contribution in [0.2, 0.25) is 0 Å². The fraction of sp³-hybridized carbons (Fsp3) is 0.842. The average molecular weight is 329 g/mol. The molecular weight excluding hydrogens is 290 g/mol. The summed E-state index contributed by atoms with van der Waals surface area (Å²) in [7, 11) is 0. The molecule has 1 atom stereocenters. The minimum Gasteiger partial charge on any atom is -0.460 e. The molecule has 4 nitrogen and oxygen atoms in total. The van der Waals surface area contributed by atoms with E-state index in [1.165, 1.54) is 44.6 Å². The Morgan fingerprint density at radius 3 is 1.91 bits per heavy atom. The number of ether oxygens (including phenoxy) is 1. The molecule has 136 valence electrons. The van der Waals surface area contributed by atoms with E-state index < -0.39 is 6.10 Å². The van der Waals surface area contributed by atoms with Gasteiger partial charge in [0.1, 0.15) is 19.3 Å². The summed E-state index contributed by atoms with van der Waals surface area (Å²) in [6.07, 6.45) is 9.50. The molecule has 0 fully saturated rings. The Morgan fingerprint density at radius 2 is 1.52 bits per heavy atom. The maximum atomic E-state index is 11.4. The Kier molecular flexibility index (Phi) is 13.0. The third-order valence-electron chi connectivity index (χ3n) is 4.28. The molecule has 0 aromatic heterocycles. The topological polar surface area (TPSA) is 46.5 Å². The zero-order chi connectivity index (χ0) is 17.6. The zero-order valence-corrected chi connectivity index (χ0v) is 15.7. The van der Waals surface area contributed by atoms with Crippen molar-refractivity contribution in [2.45, 2.75) is 72.3 Å². The quantitative estimate of drug-likeness (QED) is 0.300. The molecule has 0 aromatic carbocycles. The highest BCUT2D eigenvalue weighted by atomic mass is 16.5. The van der Waals surface area contributed by atoms with Gasteiger partial charge in [-0.15, -0.1) is 0 Å². The first-order valence-electron chi connectivity index (χ1n) is 9.36. The van der Waals surface area contributed by atoms with Gasteiger partial charge in [0.25, 0.3) is 0 Å². The van der Waals surface area contributed by atoms with Crippen LogP contribution in [0.1, 0.15) is 66.2 Å². The second-order valence-electron chi connectivity index (χ2n) is 6.54. The summed E-state index contributed by atoms with van der Waals surface area (Å²) in [6.45, 7) is 12.5. The lowest BCUT2D eigenvalue weighted by Crippen LogP contribution is -2.54.